The lowest BCUT2D eigenvalue weighted by Gasteiger charge is -2.11. The van der Waals surface area contributed by atoms with Gasteiger partial charge >= 0.3 is 0 Å². The number of hydrogen-bond acceptors (Lipinski definition) is 3. The van der Waals surface area contributed by atoms with Gasteiger partial charge in [0.1, 0.15) is 6.42 Å². The Balaban J connectivity index is 1.97. The number of benzene rings is 2. The van der Waals surface area contributed by atoms with Gasteiger partial charge in [-0.15, -0.1) is 0 Å². The van der Waals surface area contributed by atoms with Crippen LogP contribution in [-0.4, -0.2) is 11.8 Å². The number of carbonyl (C=O) groups excluding carboxylic acids is 2. The van der Waals surface area contributed by atoms with Crippen molar-refractivity contribution in [2.75, 3.05) is 10.6 Å². The van der Waals surface area contributed by atoms with Gasteiger partial charge in [0.15, 0.2) is 0 Å². The molecule has 2 aromatic carbocycles. The second kappa shape index (κ2) is 7.23. The maximum Gasteiger partial charge on any atom is 0.233 e. The van der Waals surface area contributed by atoms with Crippen molar-refractivity contribution >= 4 is 23.2 Å². The number of amides is 2. The highest BCUT2D eigenvalue weighted by Crippen LogP contribution is 2.19. The number of nitrogens with zero attached hydrogens (tertiary/aromatic N) is 1. The van der Waals surface area contributed by atoms with Gasteiger partial charge in [-0.1, -0.05) is 24.3 Å². The van der Waals surface area contributed by atoms with E-state index in [1.807, 2.05) is 38.1 Å². The van der Waals surface area contributed by atoms with E-state index in [-0.39, 0.29) is 12.3 Å². The van der Waals surface area contributed by atoms with Crippen molar-refractivity contribution in [2.24, 2.45) is 0 Å². The molecule has 0 aromatic heterocycles. The molecule has 0 aliphatic carbocycles. The summed E-state index contributed by atoms with van der Waals surface area (Å²) in [7, 11) is 0. The highest BCUT2D eigenvalue weighted by atomic mass is 16.2. The molecular formula is C18H17N3O2. The fourth-order valence-electron chi connectivity index (χ4n) is 2.21. The van der Waals surface area contributed by atoms with Crippen LogP contribution in [0.15, 0.2) is 42.5 Å². The number of nitriles is 1. The van der Waals surface area contributed by atoms with Crippen LogP contribution in [0.3, 0.4) is 0 Å². The van der Waals surface area contributed by atoms with Crippen molar-refractivity contribution in [3.63, 3.8) is 0 Å². The molecule has 0 atom stereocenters. The van der Waals surface area contributed by atoms with E-state index < -0.39 is 5.91 Å². The van der Waals surface area contributed by atoms with E-state index in [1.54, 1.807) is 24.3 Å². The molecule has 2 rings (SSSR count). The van der Waals surface area contributed by atoms with Crippen LogP contribution in [0.25, 0.3) is 0 Å². The van der Waals surface area contributed by atoms with Gasteiger partial charge in [0.25, 0.3) is 0 Å². The molecule has 5 nitrogen and oxygen atoms in total. The Labute approximate surface area is 134 Å². The summed E-state index contributed by atoms with van der Waals surface area (Å²) in [6, 6.07) is 14.2. The van der Waals surface area contributed by atoms with Crippen molar-refractivity contribution in [1.82, 2.24) is 0 Å². The first-order valence-electron chi connectivity index (χ1n) is 7.15. The van der Waals surface area contributed by atoms with Crippen molar-refractivity contribution in [3.05, 3.63) is 59.2 Å². The molecule has 0 unspecified atom stereocenters. The topological polar surface area (TPSA) is 82.0 Å². The van der Waals surface area contributed by atoms with Gasteiger partial charge in [-0.05, 0) is 43.2 Å². The number of anilines is 2. The van der Waals surface area contributed by atoms with Gasteiger partial charge in [-0.25, -0.2) is 0 Å². The Morgan fingerprint density at radius 3 is 2.26 bits per heavy atom. The molecule has 0 aliphatic rings. The number of nitrogens with one attached hydrogen (secondary N) is 2. The smallest absolute Gasteiger partial charge is 0.233 e. The van der Waals surface area contributed by atoms with E-state index in [4.69, 9.17) is 5.26 Å². The first-order valence-corrected chi connectivity index (χ1v) is 7.15. The van der Waals surface area contributed by atoms with Crippen LogP contribution in [0.2, 0.25) is 0 Å². The number of para-hydroxylation sites is 1. The van der Waals surface area contributed by atoms with Crippen molar-refractivity contribution in [3.8, 4) is 6.07 Å². The molecule has 2 amide bonds. The van der Waals surface area contributed by atoms with Crippen LogP contribution in [0.5, 0.6) is 0 Å². The number of carbonyl (C=O) groups is 2. The van der Waals surface area contributed by atoms with Gasteiger partial charge in [0, 0.05) is 11.4 Å². The van der Waals surface area contributed by atoms with Gasteiger partial charge < -0.3 is 10.6 Å². The monoisotopic (exact) mass is 307 g/mol. The third-order valence-corrected chi connectivity index (χ3v) is 3.34. The second-order valence-corrected chi connectivity index (χ2v) is 5.23. The summed E-state index contributed by atoms with van der Waals surface area (Å²) in [5.74, 6) is -0.805. The highest BCUT2D eigenvalue weighted by molar-refractivity contribution is 6.08. The van der Waals surface area contributed by atoms with Crippen LogP contribution < -0.4 is 10.6 Å². The predicted molar refractivity (Wildman–Crippen MR) is 88.9 cm³/mol. The third kappa shape index (κ3) is 4.42. The summed E-state index contributed by atoms with van der Waals surface area (Å²) in [6.07, 6.45) is -0.287. The van der Waals surface area contributed by atoms with Crippen LogP contribution in [0, 0.1) is 25.2 Å². The second-order valence-electron chi connectivity index (χ2n) is 5.23. The zero-order valence-corrected chi connectivity index (χ0v) is 13.0. The van der Waals surface area contributed by atoms with Crippen LogP contribution in [-0.2, 0) is 9.59 Å². The standard InChI is InChI=1S/C18H17N3O2/c1-12-5-3-6-13(2)18(12)21-17(23)10-16(22)20-15-8-4-7-14(9-15)11-19/h3-9H,10H2,1-2H3,(H,20,22)(H,21,23). The SMILES string of the molecule is Cc1cccc(C)c1NC(=O)CC(=O)Nc1cccc(C#N)c1. The minimum atomic E-state index is -0.427. The predicted octanol–water partition coefficient (Wildman–Crippen LogP) is 3.14. The molecule has 0 saturated carbocycles. The lowest BCUT2D eigenvalue weighted by Crippen LogP contribution is -2.22. The summed E-state index contributed by atoms with van der Waals surface area (Å²) in [6.45, 7) is 3.80. The van der Waals surface area contributed by atoms with Gasteiger partial charge in [-0.3, -0.25) is 9.59 Å². The first kappa shape index (κ1) is 16.2. The molecule has 5 heteroatoms. The average Bonchev–Trinajstić information content (AvgIpc) is 2.51. The van der Waals surface area contributed by atoms with Gasteiger partial charge in [-0.2, -0.15) is 5.26 Å². The first-order chi connectivity index (χ1) is 11.0. The summed E-state index contributed by atoms with van der Waals surface area (Å²) in [4.78, 5) is 23.9. The van der Waals surface area contributed by atoms with Crippen LogP contribution in [0.1, 0.15) is 23.1 Å². The number of aryl methyl sites for hydroxylation is 2. The molecule has 0 bridgehead atoms. The number of hydrogen-bond donors (Lipinski definition) is 2. The molecule has 116 valence electrons. The molecule has 23 heavy (non-hydrogen) atoms. The summed E-state index contributed by atoms with van der Waals surface area (Å²) >= 11 is 0. The highest BCUT2D eigenvalue weighted by Gasteiger charge is 2.12. The van der Waals surface area contributed by atoms with E-state index in [0.717, 1.165) is 16.8 Å². The molecule has 2 N–H and O–H groups in total. The maximum absolute atomic E-state index is 12.0. The third-order valence-electron chi connectivity index (χ3n) is 3.34. The molecule has 0 heterocycles. The summed E-state index contributed by atoms with van der Waals surface area (Å²) in [5, 5.41) is 14.2. The van der Waals surface area contributed by atoms with E-state index >= 15 is 0 Å². The maximum atomic E-state index is 12.0. The Bertz CT molecular complexity index is 771. The Morgan fingerprint density at radius 2 is 1.61 bits per heavy atom. The van der Waals surface area contributed by atoms with Crippen LogP contribution >= 0.6 is 0 Å². The normalized spacial score (nSPS) is 9.78. The van der Waals surface area contributed by atoms with E-state index in [9.17, 15) is 9.59 Å². The van der Waals surface area contributed by atoms with Gasteiger partial charge in [0.05, 0.1) is 11.6 Å². The summed E-state index contributed by atoms with van der Waals surface area (Å²) < 4.78 is 0. The molecule has 0 radical (unpaired) electrons. The van der Waals surface area contributed by atoms with E-state index in [2.05, 4.69) is 10.6 Å². The van der Waals surface area contributed by atoms with Crippen molar-refractivity contribution < 1.29 is 9.59 Å². The minimum absolute atomic E-state index is 0.287. The van der Waals surface area contributed by atoms with Crippen molar-refractivity contribution in [1.29, 1.82) is 5.26 Å². The average molecular weight is 307 g/mol. The number of rotatable bonds is 4. The minimum Gasteiger partial charge on any atom is -0.326 e. The van der Waals surface area contributed by atoms with Crippen LogP contribution in [0.4, 0.5) is 11.4 Å². The van der Waals surface area contributed by atoms with E-state index in [0.29, 0.717) is 11.3 Å². The quantitative estimate of drug-likeness (QED) is 0.851. The molecule has 0 fully saturated rings. The fourth-order valence-corrected chi connectivity index (χ4v) is 2.21. The molecule has 0 spiro atoms. The Hall–Kier alpha value is -3.13. The zero-order chi connectivity index (χ0) is 16.8. The molecule has 0 saturated heterocycles. The Kier molecular flexibility index (Phi) is 5.11. The molecule has 0 aliphatic heterocycles. The largest absolute Gasteiger partial charge is 0.326 e. The van der Waals surface area contributed by atoms with E-state index in [1.165, 1.54) is 0 Å². The fraction of sp³-hybridized carbons (Fsp3) is 0.167. The lowest BCUT2D eigenvalue weighted by atomic mass is 10.1. The molecular weight excluding hydrogens is 290 g/mol. The van der Waals surface area contributed by atoms with Crippen molar-refractivity contribution in [2.45, 2.75) is 20.3 Å². The lowest BCUT2D eigenvalue weighted by molar-refractivity contribution is -0.123. The van der Waals surface area contributed by atoms with Gasteiger partial charge in [0.2, 0.25) is 11.8 Å². The summed E-state index contributed by atoms with van der Waals surface area (Å²) in [5.41, 5.74) is 3.56. The Morgan fingerprint density at radius 1 is 1.00 bits per heavy atom. The zero-order valence-electron chi connectivity index (χ0n) is 13.0. The molecule has 2 aromatic rings.